The van der Waals surface area contributed by atoms with Crippen LogP contribution >= 0.6 is 0 Å². The molecule has 0 aliphatic carbocycles. The summed E-state index contributed by atoms with van der Waals surface area (Å²) in [6.07, 6.45) is 1.03. The summed E-state index contributed by atoms with van der Waals surface area (Å²) < 4.78 is 0. The van der Waals surface area contributed by atoms with Crippen LogP contribution in [-0.2, 0) is 4.79 Å². The van der Waals surface area contributed by atoms with Crippen LogP contribution in [0.5, 0.6) is 0 Å². The lowest BCUT2D eigenvalue weighted by Crippen LogP contribution is -2.41. The van der Waals surface area contributed by atoms with E-state index in [-0.39, 0.29) is 5.91 Å². The van der Waals surface area contributed by atoms with Crippen molar-refractivity contribution in [3.63, 3.8) is 0 Å². The van der Waals surface area contributed by atoms with Crippen molar-refractivity contribution in [2.45, 2.75) is 19.4 Å². The summed E-state index contributed by atoms with van der Waals surface area (Å²) in [5, 5.41) is 6.18. The van der Waals surface area contributed by atoms with E-state index in [1.165, 1.54) is 11.3 Å². The summed E-state index contributed by atoms with van der Waals surface area (Å²) in [6.45, 7) is 3.99. The number of rotatable bonds is 4. The van der Waals surface area contributed by atoms with Gasteiger partial charge in [0.1, 0.15) is 0 Å². The first-order chi connectivity index (χ1) is 8.76. The molecular weight excluding hydrogens is 226 g/mol. The van der Waals surface area contributed by atoms with Crippen LogP contribution in [0.3, 0.4) is 0 Å². The average molecular weight is 247 g/mol. The Morgan fingerprint density at radius 1 is 1.44 bits per heavy atom. The SMILES string of the molecule is CCNC(=O)CN1CCC(NC)c2ccccc21. The predicted octanol–water partition coefficient (Wildman–Crippen LogP) is 1.29. The van der Waals surface area contributed by atoms with Gasteiger partial charge in [-0.25, -0.2) is 0 Å². The second kappa shape index (κ2) is 5.87. The van der Waals surface area contributed by atoms with E-state index in [2.05, 4.69) is 33.7 Å². The Balaban J connectivity index is 2.17. The van der Waals surface area contributed by atoms with Gasteiger partial charge in [0, 0.05) is 24.8 Å². The summed E-state index contributed by atoms with van der Waals surface area (Å²) in [6, 6.07) is 8.71. The number of carbonyl (C=O) groups excluding carboxylic acids is 1. The fourth-order valence-electron chi connectivity index (χ4n) is 2.52. The summed E-state index contributed by atoms with van der Waals surface area (Å²) in [4.78, 5) is 13.9. The molecule has 1 unspecified atom stereocenters. The van der Waals surface area contributed by atoms with Crippen molar-refractivity contribution in [2.75, 3.05) is 31.6 Å². The zero-order chi connectivity index (χ0) is 13.0. The number of amides is 1. The Kier molecular flexibility index (Phi) is 4.20. The summed E-state index contributed by atoms with van der Waals surface area (Å²) >= 11 is 0. The van der Waals surface area contributed by atoms with Gasteiger partial charge in [-0.2, -0.15) is 0 Å². The molecule has 1 amide bonds. The lowest BCUT2D eigenvalue weighted by molar-refractivity contribution is -0.119. The maximum Gasteiger partial charge on any atom is 0.239 e. The minimum absolute atomic E-state index is 0.0928. The molecule has 1 aromatic rings. The number of carbonyl (C=O) groups is 1. The molecule has 4 heteroatoms. The van der Waals surface area contributed by atoms with Gasteiger partial charge in [0.15, 0.2) is 0 Å². The van der Waals surface area contributed by atoms with Crippen LogP contribution in [-0.4, -0.2) is 32.6 Å². The van der Waals surface area contributed by atoms with Crippen LogP contribution in [0.1, 0.15) is 24.9 Å². The standard InChI is InChI=1S/C14H21N3O/c1-3-16-14(18)10-17-9-8-12(15-2)11-6-4-5-7-13(11)17/h4-7,12,15H,3,8-10H2,1-2H3,(H,16,18). The van der Waals surface area contributed by atoms with Crippen molar-refractivity contribution in [2.24, 2.45) is 0 Å². The number of hydrogen-bond acceptors (Lipinski definition) is 3. The molecule has 4 nitrogen and oxygen atoms in total. The second-order valence-electron chi connectivity index (χ2n) is 4.56. The third-order valence-electron chi connectivity index (χ3n) is 3.40. The number of para-hydroxylation sites is 1. The van der Waals surface area contributed by atoms with E-state index in [0.29, 0.717) is 19.1 Å². The van der Waals surface area contributed by atoms with Crippen LogP contribution in [0.15, 0.2) is 24.3 Å². The quantitative estimate of drug-likeness (QED) is 0.843. The van der Waals surface area contributed by atoms with Crippen molar-refractivity contribution in [3.8, 4) is 0 Å². The molecular formula is C14H21N3O. The Labute approximate surface area is 108 Å². The molecule has 1 atom stereocenters. The van der Waals surface area contributed by atoms with Gasteiger partial charge < -0.3 is 15.5 Å². The monoisotopic (exact) mass is 247 g/mol. The molecule has 0 fully saturated rings. The molecule has 0 radical (unpaired) electrons. The number of likely N-dealkylation sites (N-methyl/N-ethyl adjacent to an activating group) is 1. The zero-order valence-electron chi connectivity index (χ0n) is 11.1. The molecule has 2 rings (SSSR count). The van der Waals surface area contributed by atoms with Crippen molar-refractivity contribution >= 4 is 11.6 Å². The highest BCUT2D eigenvalue weighted by atomic mass is 16.2. The van der Waals surface area contributed by atoms with Gasteiger partial charge in [0.25, 0.3) is 0 Å². The van der Waals surface area contributed by atoms with Gasteiger partial charge in [-0.3, -0.25) is 4.79 Å². The molecule has 18 heavy (non-hydrogen) atoms. The van der Waals surface area contributed by atoms with Gasteiger partial charge in [-0.05, 0) is 32.0 Å². The fraction of sp³-hybridized carbons (Fsp3) is 0.500. The Bertz CT molecular complexity index is 419. The summed E-state index contributed by atoms with van der Waals surface area (Å²) in [5.41, 5.74) is 2.46. The number of anilines is 1. The van der Waals surface area contributed by atoms with E-state index in [0.717, 1.165) is 13.0 Å². The predicted molar refractivity (Wildman–Crippen MR) is 73.8 cm³/mol. The van der Waals surface area contributed by atoms with Gasteiger partial charge in [0.05, 0.1) is 6.54 Å². The number of hydrogen-bond donors (Lipinski definition) is 2. The third-order valence-corrected chi connectivity index (χ3v) is 3.40. The Morgan fingerprint density at radius 3 is 2.94 bits per heavy atom. The van der Waals surface area contributed by atoms with Gasteiger partial charge in [-0.15, -0.1) is 0 Å². The van der Waals surface area contributed by atoms with E-state index in [1.54, 1.807) is 0 Å². The lowest BCUT2D eigenvalue weighted by atomic mass is 9.96. The first kappa shape index (κ1) is 12.9. The number of nitrogens with zero attached hydrogens (tertiary/aromatic N) is 1. The zero-order valence-corrected chi connectivity index (χ0v) is 11.1. The average Bonchev–Trinajstić information content (AvgIpc) is 2.39. The van der Waals surface area contributed by atoms with Crippen molar-refractivity contribution in [1.82, 2.24) is 10.6 Å². The molecule has 0 spiro atoms. The van der Waals surface area contributed by atoms with E-state index >= 15 is 0 Å². The maximum atomic E-state index is 11.7. The molecule has 1 heterocycles. The molecule has 0 aromatic heterocycles. The van der Waals surface area contributed by atoms with Gasteiger partial charge in [0.2, 0.25) is 5.91 Å². The highest BCUT2D eigenvalue weighted by Gasteiger charge is 2.24. The van der Waals surface area contributed by atoms with E-state index in [1.807, 2.05) is 20.0 Å². The van der Waals surface area contributed by atoms with Crippen molar-refractivity contribution in [1.29, 1.82) is 0 Å². The number of fused-ring (bicyclic) bond motifs is 1. The second-order valence-corrected chi connectivity index (χ2v) is 4.56. The first-order valence-corrected chi connectivity index (χ1v) is 6.54. The maximum absolute atomic E-state index is 11.7. The van der Waals surface area contributed by atoms with E-state index < -0.39 is 0 Å². The number of benzene rings is 1. The van der Waals surface area contributed by atoms with Crippen LogP contribution in [0.4, 0.5) is 5.69 Å². The largest absolute Gasteiger partial charge is 0.362 e. The minimum Gasteiger partial charge on any atom is -0.362 e. The molecule has 1 aliphatic heterocycles. The van der Waals surface area contributed by atoms with Gasteiger partial charge >= 0.3 is 0 Å². The number of nitrogens with one attached hydrogen (secondary N) is 2. The summed E-state index contributed by atoms with van der Waals surface area (Å²) in [5.74, 6) is 0.0928. The molecule has 98 valence electrons. The fourth-order valence-corrected chi connectivity index (χ4v) is 2.52. The van der Waals surface area contributed by atoms with Crippen molar-refractivity contribution in [3.05, 3.63) is 29.8 Å². The van der Waals surface area contributed by atoms with Gasteiger partial charge in [-0.1, -0.05) is 18.2 Å². The molecule has 0 saturated carbocycles. The van der Waals surface area contributed by atoms with Crippen LogP contribution in [0, 0.1) is 0 Å². The Hall–Kier alpha value is -1.55. The molecule has 0 bridgehead atoms. The highest BCUT2D eigenvalue weighted by molar-refractivity contribution is 5.81. The molecule has 2 N–H and O–H groups in total. The topological polar surface area (TPSA) is 44.4 Å². The van der Waals surface area contributed by atoms with E-state index in [9.17, 15) is 4.79 Å². The van der Waals surface area contributed by atoms with Crippen LogP contribution < -0.4 is 15.5 Å². The Morgan fingerprint density at radius 2 is 2.22 bits per heavy atom. The minimum atomic E-state index is 0.0928. The smallest absolute Gasteiger partial charge is 0.239 e. The normalized spacial score (nSPS) is 18.3. The lowest BCUT2D eigenvalue weighted by Gasteiger charge is -2.35. The summed E-state index contributed by atoms with van der Waals surface area (Å²) in [7, 11) is 1.99. The first-order valence-electron chi connectivity index (χ1n) is 6.54. The molecule has 1 aliphatic rings. The third kappa shape index (κ3) is 2.64. The van der Waals surface area contributed by atoms with E-state index in [4.69, 9.17) is 0 Å². The highest BCUT2D eigenvalue weighted by Crippen LogP contribution is 2.32. The molecule has 1 aromatic carbocycles. The molecule has 0 saturated heterocycles. The van der Waals surface area contributed by atoms with Crippen LogP contribution in [0.2, 0.25) is 0 Å². The van der Waals surface area contributed by atoms with Crippen molar-refractivity contribution < 1.29 is 4.79 Å². The van der Waals surface area contributed by atoms with Crippen LogP contribution in [0.25, 0.3) is 0 Å².